The van der Waals surface area contributed by atoms with Crippen LogP contribution in [0.1, 0.15) is 65.5 Å². The van der Waals surface area contributed by atoms with Gasteiger partial charge in [0.05, 0.1) is 5.41 Å². The predicted molar refractivity (Wildman–Crippen MR) is 248 cm³/mol. The Labute approximate surface area is 355 Å². The molecule has 4 saturated carbocycles. The second kappa shape index (κ2) is 14.1. The molecule has 8 aromatic carbocycles. The molecule has 0 saturated heterocycles. The van der Waals surface area contributed by atoms with E-state index in [9.17, 15) is 0 Å². The van der Waals surface area contributed by atoms with Crippen LogP contribution in [0.25, 0.3) is 22.3 Å². The molecule has 0 aromatic heterocycles. The molecule has 4 bridgehead atoms. The van der Waals surface area contributed by atoms with E-state index in [0.717, 1.165) is 23.2 Å². The van der Waals surface area contributed by atoms with Crippen molar-refractivity contribution in [3.05, 3.63) is 246 Å². The fourth-order valence-electron chi connectivity index (χ4n) is 13.1. The van der Waals surface area contributed by atoms with E-state index >= 15 is 0 Å². The Kier molecular flexibility index (Phi) is 8.34. The molecule has 0 unspecified atom stereocenters. The number of anilines is 3. The van der Waals surface area contributed by atoms with Gasteiger partial charge in [-0.25, -0.2) is 0 Å². The maximum Gasteiger partial charge on any atom is 0.0707 e. The monoisotopic (exact) mass is 771 g/mol. The summed E-state index contributed by atoms with van der Waals surface area (Å²) < 4.78 is 0. The van der Waals surface area contributed by atoms with Crippen LogP contribution in [0.2, 0.25) is 0 Å². The number of benzene rings is 8. The average Bonchev–Trinajstić information content (AvgIpc) is 3.32. The topological polar surface area (TPSA) is 3.24 Å². The van der Waals surface area contributed by atoms with Crippen LogP contribution in [-0.4, -0.2) is 0 Å². The third-order valence-corrected chi connectivity index (χ3v) is 15.2. The van der Waals surface area contributed by atoms with Gasteiger partial charge in [-0.05, 0) is 148 Å². The molecule has 1 heteroatoms. The first kappa shape index (κ1) is 35.5. The average molecular weight is 772 g/mol. The quantitative estimate of drug-likeness (QED) is 0.156. The van der Waals surface area contributed by atoms with E-state index in [-0.39, 0.29) is 5.41 Å². The molecule has 0 N–H and O–H groups in total. The van der Waals surface area contributed by atoms with Gasteiger partial charge >= 0.3 is 0 Å². The first-order chi connectivity index (χ1) is 29.7. The highest BCUT2D eigenvalue weighted by molar-refractivity contribution is 5.83. The van der Waals surface area contributed by atoms with Gasteiger partial charge in [-0.1, -0.05) is 176 Å². The van der Waals surface area contributed by atoms with Crippen LogP contribution in [-0.2, 0) is 10.8 Å². The minimum absolute atomic E-state index is 0.0584. The normalized spacial score (nSPS) is 22.9. The van der Waals surface area contributed by atoms with Crippen LogP contribution in [0.15, 0.2) is 212 Å². The fourth-order valence-corrected chi connectivity index (χ4v) is 13.1. The third-order valence-electron chi connectivity index (χ3n) is 15.2. The summed E-state index contributed by atoms with van der Waals surface area (Å²) in [5.74, 6) is 2.95. The van der Waals surface area contributed by atoms with Crippen molar-refractivity contribution in [2.24, 2.45) is 23.7 Å². The van der Waals surface area contributed by atoms with E-state index < -0.39 is 5.41 Å². The van der Waals surface area contributed by atoms with E-state index in [1.165, 1.54) is 82.3 Å². The van der Waals surface area contributed by atoms with Gasteiger partial charge in [0.1, 0.15) is 0 Å². The third kappa shape index (κ3) is 5.31. The second-order valence-corrected chi connectivity index (χ2v) is 18.1. The largest absolute Gasteiger partial charge is 0.310 e. The Balaban J connectivity index is 1.14. The lowest BCUT2D eigenvalue weighted by molar-refractivity contribution is -0.0440. The Bertz CT molecular complexity index is 2740. The van der Waals surface area contributed by atoms with Gasteiger partial charge in [0, 0.05) is 22.5 Å². The molecule has 0 atom stereocenters. The zero-order chi connectivity index (χ0) is 39.7. The van der Waals surface area contributed by atoms with Crippen LogP contribution in [0.3, 0.4) is 0 Å². The lowest BCUT2D eigenvalue weighted by atomic mass is 9.38. The molecule has 290 valence electrons. The summed E-state index contributed by atoms with van der Waals surface area (Å²) in [5, 5.41) is 0. The van der Waals surface area contributed by atoms with Crippen LogP contribution in [0.5, 0.6) is 0 Å². The molecule has 5 aliphatic rings. The molecule has 1 nitrogen and oxygen atoms in total. The molecule has 8 aromatic rings. The van der Waals surface area contributed by atoms with Gasteiger partial charge in [0.15, 0.2) is 0 Å². The Morgan fingerprint density at radius 1 is 0.317 bits per heavy atom. The molecule has 13 rings (SSSR count). The number of hydrogen-bond acceptors (Lipinski definition) is 1. The van der Waals surface area contributed by atoms with Crippen molar-refractivity contribution in [1.29, 1.82) is 0 Å². The minimum atomic E-state index is -0.470. The summed E-state index contributed by atoms with van der Waals surface area (Å²) in [7, 11) is 0. The van der Waals surface area contributed by atoms with Crippen LogP contribution < -0.4 is 4.90 Å². The molecule has 1 spiro atoms. The molecule has 0 radical (unpaired) electrons. The van der Waals surface area contributed by atoms with Gasteiger partial charge < -0.3 is 4.90 Å². The first-order valence-electron chi connectivity index (χ1n) is 22.2. The maximum atomic E-state index is 2.68. The zero-order valence-corrected chi connectivity index (χ0v) is 34.0. The summed E-state index contributed by atoms with van der Waals surface area (Å²) in [6.45, 7) is 0. The van der Waals surface area contributed by atoms with Gasteiger partial charge in [0.2, 0.25) is 0 Å². The van der Waals surface area contributed by atoms with Crippen molar-refractivity contribution >= 4 is 17.1 Å². The minimum Gasteiger partial charge on any atom is -0.310 e. The maximum absolute atomic E-state index is 2.68. The van der Waals surface area contributed by atoms with Crippen molar-refractivity contribution in [3.8, 4) is 22.3 Å². The van der Waals surface area contributed by atoms with Gasteiger partial charge in [-0.15, -0.1) is 0 Å². The standard InChI is InChI=1S/C59H49N/c1-5-16-43(17-6-1)45-28-30-51(31-29-45)60(52-25-15-20-46(39-52)44-18-7-2-8-19-44)53-32-33-56-57(40-53)59(49-35-41-34-42(37-49)38-50(59)36-41)55-27-14-13-26-54(55)58(56,47-21-9-3-10-22-47)48-23-11-4-12-24-48/h1-33,39-42,49-50H,34-38H2. The Morgan fingerprint density at radius 3 is 1.37 bits per heavy atom. The lowest BCUT2D eigenvalue weighted by Crippen LogP contribution is -2.59. The van der Waals surface area contributed by atoms with E-state index in [1.807, 2.05) is 0 Å². The smallest absolute Gasteiger partial charge is 0.0707 e. The number of fused-ring (bicyclic) bond motifs is 2. The van der Waals surface area contributed by atoms with E-state index in [4.69, 9.17) is 0 Å². The fraction of sp³-hybridized carbons (Fsp3) is 0.186. The number of rotatable bonds is 7. The van der Waals surface area contributed by atoms with Gasteiger partial charge in [0.25, 0.3) is 0 Å². The second-order valence-electron chi connectivity index (χ2n) is 18.1. The highest BCUT2D eigenvalue weighted by Crippen LogP contribution is 2.70. The number of hydrogen-bond donors (Lipinski definition) is 0. The Hall–Kier alpha value is -6.44. The van der Waals surface area contributed by atoms with E-state index in [2.05, 4.69) is 217 Å². The van der Waals surface area contributed by atoms with Crippen LogP contribution in [0.4, 0.5) is 17.1 Å². The van der Waals surface area contributed by atoms with Crippen molar-refractivity contribution in [2.45, 2.75) is 42.9 Å². The van der Waals surface area contributed by atoms with E-state index in [1.54, 1.807) is 11.1 Å². The molecule has 0 heterocycles. The highest BCUT2D eigenvalue weighted by Gasteiger charge is 2.63. The highest BCUT2D eigenvalue weighted by atomic mass is 15.1. The molecule has 4 fully saturated rings. The number of nitrogens with zero attached hydrogens (tertiary/aromatic N) is 1. The first-order valence-corrected chi connectivity index (χ1v) is 22.2. The summed E-state index contributed by atoms with van der Waals surface area (Å²) in [4.78, 5) is 2.53. The molecular formula is C59H49N. The molecule has 0 amide bonds. The Morgan fingerprint density at radius 2 is 0.767 bits per heavy atom. The van der Waals surface area contributed by atoms with Crippen LogP contribution in [0, 0.1) is 23.7 Å². The molecular weight excluding hydrogens is 723 g/mol. The van der Waals surface area contributed by atoms with Gasteiger partial charge in [-0.2, -0.15) is 0 Å². The van der Waals surface area contributed by atoms with Crippen molar-refractivity contribution in [2.75, 3.05) is 4.90 Å². The van der Waals surface area contributed by atoms with E-state index in [0.29, 0.717) is 11.8 Å². The van der Waals surface area contributed by atoms with Crippen molar-refractivity contribution in [3.63, 3.8) is 0 Å². The molecule has 0 aliphatic heterocycles. The summed E-state index contributed by atoms with van der Waals surface area (Å²) in [6.07, 6.45) is 6.76. The SMILES string of the molecule is c1ccc(-c2ccc(N(c3cccc(-c4ccccc4)c3)c3ccc4c(c3)C3(c5ccccc5C4(c4ccccc4)c4ccccc4)C4CC5CC(C4)CC3C5)cc2)cc1. The summed E-state index contributed by atoms with van der Waals surface area (Å²) >= 11 is 0. The summed E-state index contributed by atoms with van der Waals surface area (Å²) in [6, 6.07) is 80.2. The molecule has 60 heavy (non-hydrogen) atoms. The predicted octanol–water partition coefficient (Wildman–Crippen LogP) is 14.9. The van der Waals surface area contributed by atoms with Crippen molar-refractivity contribution < 1.29 is 0 Å². The lowest BCUT2D eigenvalue weighted by Gasteiger charge is -2.65. The molecule has 5 aliphatic carbocycles. The summed E-state index contributed by atoms with van der Waals surface area (Å²) in [5.41, 5.74) is 16.6. The zero-order valence-electron chi connectivity index (χ0n) is 34.0. The van der Waals surface area contributed by atoms with Gasteiger partial charge in [-0.3, -0.25) is 0 Å². The van der Waals surface area contributed by atoms with Crippen molar-refractivity contribution in [1.82, 2.24) is 0 Å². The van der Waals surface area contributed by atoms with Crippen LogP contribution >= 0.6 is 0 Å².